The summed E-state index contributed by atoms with van der Waals surface area (Å²) in [4.78, 5) is 12.9. The molecule has 0 aromatic carbocycles. The van der Waals surface area contributed by atoms with Crippen LogP contribution in [0.5, 0.6) is 0 Å². The highest BCUT2D eigenvalue weighted by atomic mass is 16.3. The number of rotatable bonds is 12. The molecule has 0 unspecified atom stereocenters. The highest BCUT2D eigenvalue weighted by molar-refractivity contribution is 5.95. The van der Waals surface area contributed by atoms with E-state index in [1.54, 1.807) is 6.08 Å². The summed E-state index contributed by atoms with van der Waals surface area (Å²) in [6.45, 7) is 20.3. The standard InChI is InChI=1S/C40H58O4/c1-29(17-13-19-31(3)21-23-35(43)39(9)26-25-34(42)38(39,7)8)15-11-12-16-30(2)18-14-20-32(4)22-24-36(44)40(10)28-33(41)27-37(40,5)6/h11-24,33-35,41-43H,25-28H2,1-10H3/b12-11+,17-13+,18-14+,23-21+,24-22+,29-15+,30-16+,31-19+,32-20+/t33-,34-,35+,39-,40-/m0/s1. The molecule has 0 spiro atoms. The molecule has 3 N–H and O–H groups in total. The summed E-state index contributed by atoms with van der Waals surface area (Å²) >= 11 is 0. The molecule has 2 rings (SSSR count). The van der Waals surface area contributed by atoms with E-state index in [1.807, 2.05) is 114 Å². The van der Waals surface area contributed by atoms with Gasteiger partial charge >= 0.3 is 0 Å². The monoisotopic (exact) mass is 602 g/mol. The molecule has 0 aromatic heterocycles. The number of allylic oxidation sites excluding steroid dienone is 17. The Morgan fingerprint density at radius 1 is 0.682 bits per heavy atom. The summed E-state index contributed by atoms with van der Waals surface area (Å²) in [5, 5.41) is 31.3. The van der Waals surface area contributed by atoms with Crippen molar-refractivity contribution in [3.63, 3.8) is 0 Å². The molecule has 0 saturated heterocycles. The van der Waals surface area contributed by atoms with Gasteiger partial charge in [-0.25, -0.2) is 0 Å². The minimum absolute atomic E-state index is 0.0773. The summed E-state index contributed by atoms with van der Waals surface area (Å²) < 4.78 is 0. The molecule has 4 nitrogen and oxygen atoms in total. The first kappa shape index (κ1) is 37.4. The van der Waals surface area contributed by atoms with E-state index < -0.39 is 17.6 Å². The summed E-state index contributed by atoms with van der Waals surface area (Å²) in [5.41, 5.74) is 2.83. The van der Waals surface area contributed by atoms with E-state index in [0.717, 1.165) is 35.1 Å². The zero-order valence-electron chi connectivity index (χ0n) is 28.9. The maximum absolute atomic E-state index is 12.9. The van der Waals surface area contributed by atoms with Gasteiger partial charge in [-0.2, -0.15) is 0 Å². The highest BCUT2D eigenvalue weighted by Crippen LogP contribution is 2.55. The van der Waals surface area contributed by atoms with Crippen LogP contribution in [0.1, 0.15) is 94.9 Å². The molecule has 0 heterocycles. The van der Waals surface area contributed by atoms with Crippen LogP contribution >= 0.6 is 0 Å². The van der Waals surface area contributed by atoms with Gasteiger partial charge in [0.25, 0.3) is 0 Å². The first-order valence-corrected chi connectivity index (χ1v) is 16.0. The molecule has 4 heteroatoms. The van der Waals surface area contributed by atoms with Gasteiger partial charge in [0.05, 0.1) is 18.3 Å². The van der Waals surface area contributed by atoms with Crippen molar-refractivity contribution in [3.8, 4) is 0 Å². The number of hydrogen-bond donors (Lipinski definition) is 3. The molecule has 2 aliphatic carbocycles. The van der Waals surface area contributed by atoms with Gasteiger partial charge in [-0.1, -0.05) is 143 Å². The van der Waals surface area contributed by atoms with Crippen molar-refractivity contribution in [1.82, 2.24) is 0 Å². The first-order chi connectivity index (χ1) is 20.4. The molecule has 2 fully saturated rings. The van der Waals surface area contributed by atoms with E-state index >= 15 is 0 Å². The average molecular weight is 603 g/mol. The summed E-state index contributed by atoms with van der Waals surface area (Å²) in [5.74, 6) is 0.0773. The van der Waals surface area contributed by atoms with Crippen LogP contribution in [-0.4, -0.2) is 39.4 Å². The number of ketones is 1. The van der Waals surface area contributed by atoms with Crippen LogP contribution in [0.15, 0.2) is 107 Å². The van der Waals surface area contributed by atoms with E-state index in [2.05, 4.69) is 33.8 Å². The molecule has 0 radical (unpaired) electrons. The molecule has 44 heavy (non-hydrogen) atoms. The smallest absolute Gasteiger partial charge is 0.162 e. The molecule has 2 saturated carbocycles. The van der Waals surface area contributed by atoms with Crippen LogP contribution in [0.2, 0.25) is 0 Å². The second-order valence-electron chi connectivity index (χ2n) is 14.7. The predicted molar refractivity (Wildman–Crippen MR) is 186 cm³/mol. The Labute approximate surface area is 267 Å². The van der Waals surface area contributed by atoms with Crippen molar-refractivity contribution in [2.75, 3.05) is 0 Å². The minimum atomic E-state index is -0.609. The summed E-state index contributed by atoms with van der Waals surface area (Å²) in [7, 11) is 0. The van der Waals surface area contributed by atoms with Crippen molar-refractivity contribution < 1.29 is 20.1 Å². The van der Waals surface area contributed by atoms with Gasteiger partial charge in [-0.05, 0) is 70.3 Å². The zero-order chi connectivity index (χ0) is 33.3. The SMILES string of the molecule is CC(/C=C/C=C(C)/C=C/C(=O)[C@]1(C)C[C@@H](O)CC1(C)C)=C\C=C\C=C(C)\C=C\C=C(C)\C=C\[C@@H](O)[C@]1(C)CC[C@H](O)C1(C)C. The Hall–Kier alpha value is -2.79. The largest absolute Gasteiger partial charge is 0.393 e. The fraction of sp³-hybridized carbons (Fsp3) is 0.525. The predicted octanol–water partition coefficient (Wildman–Crippen LogP) is 8.86. The van der Waals surface area contributed by atoms with Crippen LogP contribution in [0.25, 0.3) is 0 Å². The third kappa shape index (κ3) is 9.36. The Morgan fingerprint density at radius 3 is 1.61 bits per heavy atom. The molecule has 5 atom stereocenters. The molecule has 0 aromatic rings. The fourth-order valence-electron chi connectivity index (χ4n) is 6.28. The normalized spacial score (nSPS) is 31.1. The molecule has 0 amide bonds. The summed E-state index contributed by atoms with van der Waals surface area (Å²) in [6, 6.07) is 0. The molecule has 0 bridgehead atoms. The molecular weight excluding hydrogens is 544 g/mol. The van der Waals surface area contributed by atoms with E-state index in [1.165, 1.54) is 0 Å². The van der Waals surface area contributed by atoms with Crippen LogP contribution in [0, 0.1) is 21.7 Å². The zero-order valence-corrected chi connectivity index (χ0v) is 28.9. The second kappa shape index (κ2) is 15.5. The van der Waals surface area contributed by atoms with Crippen LogP contribution in [0.4, 0.5) is 0 Å². The van der Waals surface area contributed by atoms with E-state index in [0.29, 0.717) is 12.8 Å². The lowest BCUT2D eigenvalue weighted by Crippen LogP contribution is -2.44. The minimum Gasteiger partial charge on any atom is -0.393 e. The van der Waals surface area contributed by atoms with Gasteiger partial charge in [-0.15, -0.1) is 0 Å². The van der Waals surface area contributed by atoms with E-state index in [-0.39, 0.29) is 28.1 Å². The summed E-state index contributed by atoms with van der Waals surface area (Å²) in [6.07, 6.45) is 28.8. The van der Waals surface area contributed by atoms with E-state index in [9.17, 15) is 20.1 Å². The molecule has 2 aliphatic rings. The van der Waals surface area contributed by atoms with Crippen molar-refractivity contribution in [2.45, 2.75) is 113 Å². The third-order valence-electron chi connectivity index (χ3n) is 10.6. The van der Waals surface area contributed by atoms with Crippen LogP contribution in [-0.2, 0) is 4.79 Å². The van der Waals surface area contributed by atoms with Gasteiger partial charge in [0.1, 0.15) is 0 Å². The third-order valence-corrected chi connectivity index (χ3v) is 10.6. The van der Waals surface area contributed by atoms with Crippen molar-refractivity contribution in [1.29, 1.82) is 0 Å². The average Bonchev–Trinajstić information content (AvgIpc) is 3.29. The molecule has 0 aliphatic heterocycles. The Morgan fingerprint density at radius 2 is 1.16 bits per heavy atom. The maximum atomic E-state index is 12.9. The number of carbonyl (C=O) groups is 1. The van der Waals surface area contributed by atoms with Crippen molar-refractivity contribution in [2.24, 2.45) is 21.7 Å². The molecule has 242 valence electrons. The lowest BCUT2D eigenvalue weighted by atomic mass is 9.65. The Bertz CT molecular complexity index is 1290. The van der Waals surface area contributed by atoms with Gasteiger partial charge in [0.15, 0.2) is 5.78 Å². The topological polar surface area (TPSA) is 77.8 Å². The number of hydrogen-bond acceptors (Lipinski definition) is 4. The van der Waals surface area contributed by atoms with Gasteiger partial charge < -0.3 is 15.3 Å². The lowest BCUT2D eigenvalue weighted by Gasteiger charge is -2.42. The van der Waals surface area contributed by atoms with Crippen LogP contribution < -0.4 is 0 Å². The quantitative estimate of drug-likeness (QED) is 0.154. The lowest BCUT2D eigenvalue weighted by molar-refractivity contribution is -0.127. The van der Waals surface area contributed by atoms with Gasteiger partial charge in [-0.3, -0.25) is 4.79 Å². The van der Waals surface area contributed by atoms with E-state index in [4.69, 9.17) is 0 Å². The number of aliphatic hydroxyl groups is 3. The van der Waals surface area contributed by atoms with Crippen LogP contribution in [0.3, 0.4) is 0 Å². The number of aliphatic hydroxyl groups excluding tert-OH is 3. The Balaban J connectivity index is 1.87. The van der Waals surface area contributed by atoms with Crippen molar-refractivity contribution in [3.05, 3.63) is 107 Å². The number of carbonyl (C=O) groups excluding carboxylic acids is 1. The molecular formula is C40H58O4. The first-order valence-electron chi connectivity index (χ1n) is 16.0. The van der Waals surface area contributed by atoms with Crippen molar-refractivity contribution >= 4 is 5.78 Å². The van der Waals surface area contributed by atoms with Gasteiger partial charge in [0.2, 0.25) is 0 Å². The van der Waals surface area contributed by atoms with Gasteiger partial charge in [0, 0.05) is 10.8 Å². The fourth-order valence-corrected chi connectivity index (χ4v) is 6.28. The highest BCUT2D eigenvalue weighted by Gasteiger charge is 2.54. The second-order valence-corrected chi connectivity index (χ2v) is 14.7. The maximum Gasteiger partial charge on any atom is 0.162 e. The Kier molecular flexibility index (Phi) is 13.2.